The molecule has 2 N–H and O–H groups in total. The first kappa shape index (κ1) is 15.5. The van der Waals surface area contributed by atoms with Crippen LogP contribution in [0.3, 0.4) is 0 Å². The van der Waals surface area contributed by atoms with Gasteiger partial charge in [0.1, 0.15) is 11.6 Å². The fourth-order valence-electron chi connectivity index (χ4n) is 2.40. The van der Waals surface area contributed by atoms with Crippen molar-refractivity contribution >= 4 is 0 Å². The van der Waals surface area contributed by atoms with Gasteiger partial charge in [0.15, 0.2) is 0 Å². The predicted molar refractivity (Wildman–Crippen MR) is 84.1 cm³/mol. The molecule has 2 nitrogen and oxygen atoms in total. The average Bonchev–Trinajstić information content (AvgIpc) is 2.53. The molecule has 0 fully saturated rings. The van der Waals surface area contributed by atoms with Gasteiger partial charge >= 0.3 is 0 Å². The minimum Gasteiger partial charge on any atom is -0.493 e. The van der Waals surface area contributed by atoms with E-state index in [2.05, 4.69) is 13.0 Å². The van der Waals surface area contributed by atoms with E-state index < -0.39 is 0 Å². The Morgan fingerprint density at radius 2 is 1.81 bits per heavy atom. The lowest BCUT2D eigenvalue weighted by molar-refractivity contribution is 0.295. The maximum atomic E-state index is 13.0. The Bertz CT molecular complexity index is 553. The fourth-order valence-corrected chi connectivity index (χ4v) is 2.40. The molecule has 0 saturated carbocycles. The molecule has 2 rings (SSSR count). The molecule has 2 aromatic rings. The van der Waals surface area contributed by atoms with Crippen LogP contribution in [-0.4, -0.2) is 13.2 Å². The van der Waals surface area contributed by atoms with Gasteiger partial charge in [-0.05, 0) is 54.6 Å². The van der Waals surface area contributed by atoms with Gasteiger partial charge in [0.2, 0.25) is 0 Å². The molecule has 0 aliphatic carbocycles. The zero-order chi connectivity index (χ0) is 15.1. The zero-order valence-electron chi connectivity index (χ0n) is 12.4. The third kappa shape index (κ3) is 4.30. The second-order valence-corrected chi connectivity index (χ2v) is 5.08. The van der Waals surface area contributed by atoms with Crippen LogP contribution in [0, 0.1) is 5.82 Å². The van der Waals surface area contributed by atoms with Crippen molar-refractivity contribution in [2.24, 2.45) is 5.73 Å². The number of ether oxygens (including phenoxy) is 1. The molecule has 0 aliphatic heterocycles. The minimum absolute atomic E-state index is 0.194. The van der Waals surface area contributed by atoms with Gasteiger partial charge in [-0.3, -0.25) is 0 Å². The van der Waals surface area contributed by atoms with E-state index in [1.54, 1.807) is 12.1 Å². The van der Waals surface area contributed by atoms with E-state index >= 15 is 0 Å². The van der Waals surface area contributed by atoms with Crippen molar-refractivity contribution in [1.29, 1.82) is 0 Å². The average molecular weight is 287 g/mol. The van der Waals surface area contributed by atoms with Crippen LogP contribution in [0.25, 0.3) is 0 Å². The maximum absolute atomic E-state index is 13.0. The molecule has 0 radical (unpaired) electrons. The SMILES string of the molecule is CCc1ccccc1OCCC(CN)c1ccc(F)cc1. The number of para-hydroxylation sites is 1. The van der Waals surface area contributed by atoms with Crippen LogP contribution in [0.2, 0.25) is 0 Å². The Morgan fingerprint density at radius 1 is 1.10 bits per heavy atom. The third-order valence-electron chi connectivity index (χ3n) is 3.70. The number of hydrogen-bond acceptors (Lipinski definition) is 2. The standard InChI is InChI=1S/C18H22FNO/c1-2-14-5-3-4-6-18(14)21-12-11-16(13-20)15-7-9-17(19)10-8-15/h3-10,16H,2,11-13,20H2,1H3. The first-order chi connectivity index (χ1) is 10.2. The lowest BCUT2D eigenvalue weighted by Crippen LogP contribution is -2.15. The molecule has 1 unspecified atom stereocenters. The van der Waals surface area contributed by atoms with Gasteiger partial charge in [0, 0.05) is 0 Å². The van der Waals surface area contributed by atoms with Crippen molar-refractivity contribution in [3.8, 4) is 5.75 Å². The fraction of sp³-hybridized carbons (Fsp3) is 0.333. The topological polar surface area (TPSA) is 35.2 Å². The summed E-state index contributed by atoms with van der Waals surface area (Å²) in [4.78, 5) is 0. The van der Waals surface area contributed by atoms with Crippen LogP contribution < -0.4 is 10.5 Å². The third-order valence-corrected chi connectivity index (χ3v) is 3.70. The van der Waals surface area contributed by atoms with Crippen molar-refractivity contribution in [2.45, 2.75) is 25.7 Å². The molecule has 0 heterocycles. The van der Waals surface area contributed by atoms with E-state index in [1.807, 2.05) is 18.2 Å². The highest BCUT2D eigenvalue weighted by Crippen LogP contribution is 2.22. The quantitative estimate of drug-likeness (QED) is 0.838. The maximum Gasteiger partial charge on any atom is 0.123 e. The van der Waals surface area contributed by atoms with Crippen LogP contribution in [0.15, 0.2) is 48.5 Å². The van der Waals surface area contributed by atoms with Crippen LogP contribution in [0.1, 0.15) is 30.4 Å². The summed E-state index contributed by atoms with van der Waals surface area (Å²) in [7, 11) is 0. The second kappa shape index (κ2) is 7.79. The van der Waals surface area contributed by atoms with E-state index in [-0.39, 0.29) is 11.7 Å². The smallest absolute Gasteiger partial charge is 0.123 e. The second-order valence-electron chi connectivity index (χ2n) is 5.08. The van der Waals surface area contributed by atoms with Crippen LogP contribution in [-0.2, 0) is 6.42 Å². The highest BCUT2D eigenvalue weighted by Gasteiger charge is 2.10. The van der Waals surface area contributed by atoms with Crippen molar-refractivity contribution in [3.05, 3.63) is 65.5 Å². The molecule has 0 saturated heterocycles. The number of benzene rings is 2. The van der Waals surface area contributed by atoms with Crippen molar-refractivity contribution in [1.82, 2.24) is 0 Å². The molecule has 21 heavy (non-hydrogen) atoms. The van der Waals surface area contributed by atoms with Crippen molar-refractivity contribution < 1.29 is 9.13 Å². The number of aryl methyl sites for hydroxylation is 1. The zero-order valence-corrected chi connectivity index (χ0v) is 12.4. The number of hydrogen-bond donors (Lipinski definition) is 1. The number of halogens is 1. The molecule has 0 bridgehead atoms. The Balaban J connectivity index is 1.93. The summed E-state index contributed by atoms with van der Waals surface area (Å²) in [6, 6.07) is 14.6. The van der Waals surface area contributed by atoms with Gasteiger partial charge in [-0.15, -0.1) is 0 Å². The number of rotatable bonds is 7. The van der Waals surface area contributed by atoms with Gasteiger partial charge in [-0.2, -0.15) is 0 Å². The van der Waals surface area contributed by atoms with Gasteiger partial charge in [-0.1, -0.05) is 37.3 Å². The van der Waals surface area contributed by atoms with Gasteiger partial charge < -0.3 is 10.5 Å². The largest absolute Gasteiger partial charge is 0.493 e. The highest BCUT2D eigenvalue weighted by atomic mass is 19.1. The summed E-state index contributed by atoms with van der Waals surface area (Å²) in [6.45, 7) is 3.25. The Morgan fingerprint density at radius 3 is 2.48 bits per heavy atom. The first-order valence-electron chi connectivity index (χ1n) is 7.40. The summed E-state index contributed by atoms with van der Waals surface area (Å²) in [6.07, 6.45) is 1.77. The Hall–Kier alpha value is -1.87. The van der Waals surface area contributed by atoms with Gasteiger partial charge in [0.05, 0.1) is 6.61 Å². The summed E-state index contributed by atoms with van der Waals surface area (Å²) < 4.78 is 18.8. The minimum atomic E-state index is -0.220. The molecule has 3 heteroatoms. The highest BCUT2D eigenvalue weighted by molar-refractivity contribution is 5.33. The molecular formula is C18H22FNO. The Labute approximate surface area is 125 Å². The lowest BCUT2D eigenvalue weighted by Gasteiger charge is -2.16. The van der Waals surface area contributed by atoms with E-state index in [0.29, 0.717) is 13.2 Å². The van der Waals surface area contributed by atoms with E-state index in [1.165, 1.54) is 17.7 Å². The van der Waals surface area contributed by atoms with Crippen molar-refractivity contribution in [2.75, 3.05) is 13.2 Å². The van der Waals surface area contributed by atoms with Crippen LogP contribution in [0.4, 0.5) is 4.39 Å². The molecule has 0 spiro atoms. The van der Waals surface area contributed by atoms with Gasteiger partial charge in [-0.25, -0.2) is 4.39 Å². The molecule has 0 aliphatic rings. The van der Waals surface area contributed by atoms with E-state index in [0.717, 1.165) is 24.2 Å². The van der Waals surface area contributed by atoms with Crippen LogP contribution in [0.5, 0.6) is 5.75 Å². The molecule has 0 aromatic heterocycles. The van der Waals surface area contributed by atoms with Crippen LogP contribution >= 0.6 is 0 Å². The van der Waals surface area contributed by atoms with Crippen molar-refractivity contribution in [3.63, 3.8) is 0 Å². The monoisotopic (exact) mass is 287 g/mol. The Kier molecular flexibility index (Phi) is 5.76. The van der Waals surface area contributed by atoms with Gasteiger partial charge in [0.25, 0.3) is 0 Å². The summed E-state index contributed by atoms with van der Waals surface area (Å²) in [5.41, 5.74) is 8.10. The molecular weight excluding hydrogens is 265 g/mol. The van der Waals surface area contributed by atoms with E-state index in [9.17, 15) is 4.39 Å². The molecule has 1 atom stereocenters. The summed E-state index contributed by atoms with van der Waals surface area (Å²) in [5.74, 6) is 0.914. The summed E-state index contributed by atoms with van der Waals surface area (Å²) >= 11 is 0. The summed E-state index contributed by atoms with van der Waals surface area (Å²) in [5, 5.41) is 0. The lowest BCUT2D eigenvalue weighted by atomic mass is 9.96. The molecule has 112 valence electrons. The number of nitrogens with two attached hydrogens (primary N) is 1. The molecule has 0 amide bonds. The normalized spacial score (nSPS) is 12.1. The van der Waals surface area contributed by atoms with E-state index in [4.69, 9.17) is 10.5 Å². The predicted octanol–water partition coefficient (Wildman–Crippen LogP) is 3.90. The first-order valence-corrected chi connectivity index (χ1v) is 7.40. The molecule has 2 aromatic carbocycles.